The van der Waals surface area contributed by atoms with E-state index in [2.05, 4.69) is 28.2 Å². The predicted octanol–water partition coefficient (Wildman–Crippen LogP) is 3.54. The maximum atomic E-state index is 14.0. The van der Waals surface area contributed by atoms with Crippen molar-refractivity contribution in [2.75, 3.05) is 13.2 Å². The number of hydrogen-bond donors (Lipinski definition) is 4. The van der Waals surface area contributed by atoms with E-state index in [1.807, 2.05) is 74.1 Å². The second kappa shape index (κ2) is 15.5. The van der Waals surface area contributed by atoms with Gasteiger partial charge in [0.25, 0.3) is 0 Å². The lowest BCUT2D eigenvalue weighted by atomic mass is 9.96. The lowest BCUT2D eigenvalue weighted by Crippen LogP contribution is -2.59. The van der Waals surface area contributed by atoms with E-state index in [0.29, 0.717) is 18.5 Å². The number of amides is 3. The van der Waals surface area contributed by atoms with E-state index in [9.17, 15) is 18.8 Å². The van der Waals surface area contributed by atoms with Gasteiger partial charge in [0.05, 0.1) is 12.6 Å². The minimum absolute atomic E-state index is 0.0861. The van der Waals surface area contributed by atoms with Crippen LogP contribution in [0.15, 0.2) is 73.1 Å². The van der Waals surface area contributed by atoms with Crippen LogP contribution in [0.25, 0.3) is 0 Å². The van der Waals surface area contributed by atoms with Crippen LogP contribution in [0.2, 0.25) is 0 Å². The molecule has 3 aromatic rings. The Bertz CT molecular complexity index is 1400. The first-order chi connectivity index (χ1) is 21.1. The summed E-state index contributed by atoms with van der Waals surface area (Å²) < 4.78 is 22.1. The van der Waals surface area contributed by atoms with E-state index in [1.165, 1.54) is 12.1 Å². The number of fused-ring (bicyclic) bond motifs is 1. The van der Waals surface area contributed by atoms with Gasteiger partial charge in [0, 0.05) is 25.0 Å². The van der Waals surface area contributed by atoms with E-state index < -0.39 is 35.8 Å². The summed E-state index contributed by atoms with van der Waals surface area (Å²) in [7, 11) is 0. The van der Waals surface area contributed by atoms with Crippen LogP contribution in [0, 0.1) is 11.7 Å². The molecule has 5 atom stereocenters. The molecular weight excluding hydrogens is 561 g/mol. The monoisotopic (exact) mass is 605 g/mol. The molecule has 2 aromatic carbocycles. The third-order valence-electron chi connectivity index (χ3n) is 7.89. The first-order valence-corrected chi connectivity index (χ1v) is 15.3. The number of nitrogens with one attached hydrogen (secondary N) is 4. The summed E-state index contributed by atoms with van der Waals surface area (Å²) in [4.78, 5) is 40.8. The Balaban J connectivity index is 1.64. The van der Waals surface area contributed by atoms with Gasteiger partial charge in [-0.15, -0.1) is 0 Å². The van der Waals surface area contributed by atoms with Crippen molar-refractivity contribution in [2.45, 2.75) is 77.2 Å². The van der Waals surface area contributed by atoms with Crippen molar-refractivity contribution in [1.82, 2.24) is 25.8 Å². The summed E-state index contributed by atoms with van der Waals surface area (Å²) in [6, 6.07) is 14.8. The minimum atomic E-state index is -0.906. The van der Waals surface area contributed by atoms with Gasteiger partial charge < -0.3 is 25.3 Å². The van der Waals surface area contributed by atoms with Crippen molar-refractivity contribution in [3.63, 3.8) is 0 Å². The third-order valence-corrected chi connectivity index (χ3v) is 7.89. The van der Waals surface area contributed by atoms with Gasteiger partial charge in [-0.1, -0.05) is 51.1 Å². The van der Waals surface area contributed by atoms with Crippen LogP contribution >= 0.6 is 0 Å². The quantitative estimate of drug-likeness (QED) is 0.356. The standard InChI is InChI=1S/C34H44FN5O4/c1-22(2)31-34(43)38-29(20-40-16-7-8-17-40)32(41)36-15-14-23(3)27-12-5-6-13-30(27)44-21-24(4)37-28(33(42)39-31)19-25-10-9-11-26(35)18-25/h5-13,16-18,22-24,28-29,31,37H,14-15,19-21H2,1-4H3,(H,36,41)(H,38,43)(H,39,42)/t23?,24-,28+,29-,31+/m0/s1. The fourth-order valence-electron chi connectivity index (χ4n) is 5.39. The summed E-state index contributed by atoms with van der Waals surface area (Å²) >= 11 is 0. The molecule has 0 radical (unpaired) electrons. The highest BCUT2D eigenvalue weighted by atomic mass is 19.1. The zero-order chi connectivity index (χ0) is 31.6. The van der Waals surface area contributed by atoms with Gasteiger partial charge in [-0.05, 0) is 73.1 Å². The summed E-state index contributed by atoms with van der Waals surface area (Å²) in [5.41, 5.74) is 1.65. The number of carbonyl (C=O) groups is 3. The van der Waals surface area contributed by atoms with E-state index >= 15 is 0 Å². The van der Waals surface area contributed by atoms with Crippen molar-refractivity contribution in [1.29, 1.82) is 0 Å². The summed E-state index contributed by atoms with van der Waals surface area (Å²) in [6.45, 7) is 8.60. The average Bonchev–Trinajstić information content (AvgIpc) is 3.50. The Hall–Kier alpha value is -4.18. The molecule has 10 heteroatoms. The maximum absolute atomic E-state index is 14.0. The van der Waals surface area contributed by atoms with Crippen LogP contribution in [0.3, 0.4) is 0 Å². The Morgan fingerprint density at radius 3 is 2.39 bits per heavy atom. The van der Waals surface area contributed by atoms with E-state index in [4.69, 9.17) is 4.74 Å². The number of benzene rings is 2. The molecule has 4 N–H and O–H groups in total. The Kier molecular flexibility index (Phi) is 11.5. The van der Waals surface area contributed by atoms with Crippen LogP contribution in [0.4, 0.5) is 4.39 Å². The van der Waals surface area contributed by atoms with E-state index in [1.54, 1.807) is 12.1 Å². The summed E-state index contributed by atoms with van der Waals surface area (Å²) in [5.74, 6) is -1.00. The molecule has 0 saturated carbocycles. The SMILES string of the molecule is CC1CCNC(=O)[C@H](Cn2cccc2)NC(=O)[C@@H](C(C)C)NC(=O)[C@@H](Cc2cccc(F)c2)N[C@@H](C)COc2ccccc21. The Labute approximate surface area is 258 Å². The van der Waals surface area contributed by atoms with Gasteiger partial charge in [0.1, 0.15) is 30.3 Å². The predicted molar refractivity (Wildman–Crippen MR) is 168 cm³/mol. The first-order valence-electron chi connectivity index (χ1n) is 15.3. The average molecular weight is 606 g/mol. The zero-order valence-corrected chi connectivity index (χ0v) is 25.9. The fourth-order valence-corrected chi connectivity index (χ4v) is 5.39. The molecule has 4 rings (SSSR count). The highest BCUT2D eigenvalue weighted by Gasteiger charge is 2.32. The van der Waals surface area contributed by atoms with Gasteiger partial charge in [-0.25, -0.2) is 4.39 Å². The topological polar surface area (TPSA) is 113 Å². The smallest absolute Gasteiger partial charge is 0.244 e. The zero-order valence-electron chi connectivity index (χ0n) is 25.9. The van der Waals surface area contributed by atoms with Crippen molar-refractivity contribution < 1.29 is 23.5 Å². The number of nitrogens with zero attached hydrogens (tertiary/aromatic N) is 1. The van der Waals surface area contributed by atoms with E-state index in [-0.39, 0.29) is 43.4 Å². The molecule has 0 aliphatic carbocycles. The second-order valence-corrected chi connectivity index (χ2v) is 12.0. The Morgan fingerprint density at radius 1 is 0.909 bits per heavy atom. The summed E-state index contributed by atoms with van der Waals surface area (Å²) in [5, 5.41) is 12.1. The number of rotatable bonds is 5. The normalized spacial score (nSPS) is 24.2. The molecule has 236 valence electrons. The molecule has 3 amide bonds. The van der Waals surface area contributed by atoms with Crippen LogP contribution in [0.1, 0.15) is 51.2 Å². The van der Waals surface area contributed by atoms with Gasteiger partial charge in [-0.2, -0.15) is 0 Å². The fraction of sp³-hybridized carbons (Fsp3) is 0.441. The number of hydrogen-bond acceptors (Lipinski definition) is 5. The molecule has 9 nitrogen and oxygen atoms in total. The van der Waals surface area contributed by atoms with Crippen molar-refractivity contribution in [2.24, 2.45) is 5.92 Å². The minimum Gasteiger partial charge on any atom is -0.492 e. The molecule has 0 bridgehead atoms. The maximum Gasteiger partial charge on any atom is 0.244 e. The molecule has 0 fully saturated rings. The molecule has 1 unspecified atom stereocenters. The molecule has 1 aliphatic rings. The third kappa shape index (κ3) is 9.16. The van der Waals surface area contributed by atoms with Crippen molar-refractivity contribution in [3.05, 3.63) is 90.0 Å². The molecule has 1 aromatic heterocycles. The molecule has 0 saturated heterocycles. The number of halogens is 1. The van der Waals surface area contributed by atoms with Crippen molar-refractivity contribution >= 4 is 17.7 Å². The largest absolute Gasteiger partial charge is 0.492 e. The lowest BCUT2D eigenvalue weighted by Gasteiger charge is -2.29. The van der Waals surface area contributed by atoms with Gasteiger partial charge >= 0.3 is 0 Å². The van der Waals surface area contributed by atoms with Crippen LogP contribution < -0.4 is 26.0 Å². The molecule has 44 heavy (non-hydrogen) atoms. The molecule has 0 spiro atoms. The van der Waals surface area contributed by atoms with Crippen LogP contribution in [0.5, 0.6) is 5.75 Å². The van der Waals surface area contributed by atoms with Crippen LogP contribution in [-0.2, 0) is 27.3 Å². The number of carbonyl (C=O) groups excluding carboxylic acids is 3. The highest BCUT2D eigenvalue weighted by Crippen LogP contribution is 2.28. The molecule has 1 aliphatic heterocycles. The van der Waals surface area contributed by atoms with Gasteiger partial charge in [0.15, 0.2) is 0 Å². The first kappa shape index (κ1) is 32.7. The van der Waals surface area contributed by atoms with E-state index in [0.717, 1.165) is 11.3 Å². The van der Waals surface area contributed by atoms with Crippen molar-refractivity contribution in [3.8, 4) is 5.75 Å². The number of ether oxygens (including phenoxy) is 1. The summed E-state index contributed by atoms with van der Waals surface area (Å²) in [6.07, 6.45) is 4.53. The Morgan fingerprint density at radius 2 is 1.66 bits per heavy atom. The lowest BCUT2D eigenvalue weighted by molar-refractivity contribution is -0.133. The number of para-hydroxylation sites is 1. The second-order valence-electron chi connectivity index (χ2n) is 12.0. The van der Waals surface area contributed by atoms with Gasteiger partial charge in [0.2, 0.25) is 17.7 Å². The molecule has 2 heterocycles. The van der Waals surface area contributed by atoms with Crippen LogP contribution in [-0.4, -0.2) is 59.6 Å². The molecular formula is C34H44FN5O4. The number of aromatic nitrogens is 1. The highest BCUT2D eigenvalue weighted by molar-refractivity contribution is 5.93. The van der Waals surface area contributed by atoms with Gasteiger partial charge in [-0.3, -0.25) is 19.7 Å².